The van der Waals surface area contributed by atoms with Crippen LogP contribution < -0.4 is 11.1 Å². The van der Waals surface area contributed by atoms with Gasteiger partial charge in [0.15, 0.2) is 5.96 Å². The molecule has 0 saturated carbocycles. The van der Waals surface area contributed by atoms with Crippen molar-refractivity contribution in [3.8, 4) is 11.4 Å². The Hall–Kier alpha value is -2.13. The highest BCUT2D eigenvalue weighted by Crippen LogP contribution is 2.19. The number of aliphatic imine (C=N–C) groups is 1. The van der Waals surface area contributed by atoms with E-state index >= 15 is 0 Å². The average molecular weight is 484 g/mol. The monoisotopic (exact) mass is 483 g/mol. The third kappa shape index (κ3) is 5.99. The Kier molecular flexibility index (Phi) is 7.86. The van der Waals surface area contributed by atoms with E-state index in [1.54, 1.807) is 12.1 Å². The summed E-state index contributed by atoms with van der Waals surface area (Å²) < 4.78 is 5.19. The zero-order valence-corrected chi connectivity index (χ0v) is 17.0. The van der Waals surface area contributed by atoms with E-state index < -0.39 is 0 Å². The minimum Gasteiger partial charge on any atom is -0.370 e. The highest BCUT2D eigenvalue weighted by Gasteiger charge is 2.08. The van der Waals surface area contributed by atoms with E-state index in [1.165, 1.54) is 5.56 Å². The molecular formula is C18H19ClIN5O. The molecule has 1 aromatic heterocycles. The van der Waals surface area contributed by atoms with Gasteiger partial charge in [0, 0.05) is 17.1 Å². The highest BCUT2D eigenvalue weighted by molar-refractivity contribution is 14.0. The van der Waals surface area contributed by atoms with Gasteiger partial charge >= 0.3 is 0 Å². The first-order valence-electron chi connectivity index (χ1n) is 7.87. The zero-order valence-electron chi connectivity index (χ0n) is 13.9. The standard InChI is InChI=1S/C18H18ClN5O.HI/c19-15-8-4-7-14(11-15)17-23-16(25-24-17)12-22-18(20)21-10-9-13-5-2-1-3-6-13;/h1-8,11H,9-10,12H2,(H3,20,21,22);1H. The summed E-state index contributed by atoms with van der Waals surface area (Å²) in [5.41, 5.74) is 7.89. The van der Waals surface area contributed by atoms with Crippen molar-refractivity contribution in [3.63, 3.8) is 0 Å². The van der Waals surface area contributed by atoms with Crippen molar-refractivity contribution in [1.82, 2.24) is 15.5 Å². The first-order chi connectivity index (χ1) is 12.2. The smallest absolute Gasteiger partial charge is 0.248 e. The van der Waals surface area contributed by atoms with Crippen LogP contribution in [0.5, 0.6) is 0 Å². The molecule has 1 heterocycles. The summed E-state index contributed by atoms with van der Waals surface area (Å²) >= 11 is 5.96. The summed E-state index contributed by atoms with van der Waals surface area (Å²) in [6.07, 6.45) is 0.872. The van der Waals surface area contributed by atoms with Crippen LogP contribution in [0.2, 0.25) is 5.02 Å². The molecule has 0 amide bonds. The van der Waals surface area contributed by atoms with Crippen LogP contribution in [0.25, 0.3) is 11.4 Å². The van der Waals surface area contributed by atoms with Crippen LogP contribution in [0.1, 0.15) is 11.5 Å². The maximum Gasteiger partial charge on any atom is 0.248 e. The van der Waals surface area contributed by atoms with Gasteiger partial charge in [-0.1, -0.05) is 59.2 Å². The van der Waals surface area contributed by atoms with E-state index in [0.717, 1.165) is 12.0 Å². The lowest BCUT2D eigenvalue weighted by Gasteiger charge is -2.04. The number of aromatic nitrogens is 2. The molecule has 0 radical (unpaired) electrons. The Morgan fingerprint density at radius 1 is 1.15 bits per heavy atom. The Bertz CT molecular complexity index is 854. The van der Waals surface area contributed by atoms with Gasteiger partial charge in [-0.05, 0) is 24.1 Å². The van der Waals surface area contributed by atoms with Gasteiger partial charge in [0.05, 0.1) is 0 Å². The van der Waals surface area contributed by atoms with Gasteiger partial charge in [-0.15, -0.1) is 24.0 Å². The lowest BCUT2D eigenvalue weighted by molar-refractivity contribution is 0.381. The minimum absolute atomic E-state index is 0. The minimum atomic E-state index is 0. The second-order valence-corrected chi connectivity index (χ2v) is 5.82. The maximum atomic E-state index is 5.96. The largest absolute Gasteiger partial charge is 0.370 e. The summed E-state index contributed by atoms with van der Waals surface area (Å²) in [5.74, 6) is 1.21. The molecule has 0 saturated heterocycles. The topological polar surface area (TPSA) is 89.3 Å². The fourth-order valence-corrected chi connectivity index (χ4v) is 2.44. The second kappa shape index (κ2) is 10.1. The van der Waals surface area contributed by atoms with Crippen molar-refractivity contribution in [2.24, 2.45) is 10.7 Å². The fourth-order valence-electron chi connectivity index (χ4n) is 2.25. The molecule has 3 rings (SSSR count). The molecule has 0 spiro atoms. The number of halogens is 2. The Morgan fingerprint density at radius 3 is 2.73 bits per heavy atom. The van der Waals surface area contributed by atoms with E-state index in [9.17, 15) is 0 Å². The predicted octanol–water partition coefficient (Wildman–Crippen LogP) is 3.66. The summed E-state index contributed by atoms with van der Waals surface area (Å²) in [6, 6.07) is 17.4. The Balaban J connectivity index is 0.00000243. The molecule has 0 unspecified atom stereocenters. The van der Waals surface area contributed by atoms with Gasteiger partial charge in [-0.2, -0.15) is 4.98 Å². The third-order valence-corrected chi connectivity index (χ3v) is 3.73. The van der Waals surface area contributed by atoms with Crippen molar-refractivity contribution < 1.29 is 4.52 Å². The van der Waals surface area contributed by atoms with E-state index in [4.69, 9.17) is 21.9 Å². The van der Waals surface area contributed by atoms with Crippen LogP contribution in [-0.2, 0) is 13.0 Å². The van der Waals surface area contributed by atoms with Gasteiger partial charge in [0.1, 0.15) is 6.54 Å². The molecule has 136 valence electrons. The molecule has 0 atom stereocenters. The summed E-state index contributed by atoms with van der Waals surface area (Å²) in [5, 5.41) is 7.62. The summed E-state index contributed by atoms with van der Waals surface area (Å²) in [4.78, 5) is 8.51. The number of guanidine groups is 1. The van der Waals surface area contributed by atoms with Crippen molar-refractivity contribution in [1.29, 1.82) is 0 Å². The number of rotatable bonds is 6. The first kappa shape index (κ1) is 20.2. The van der Waals surface area contributed by atoms with Crippen molar-refractivity contribution in [3.05, 3.63) is 71.1 Å². The normalized spacial score (nSPS) is 11.0. The molecule has 3 N–H and O–H groups in total. The first-order valence-corrected chi connectivity index (χ1v) is 8.25. The molecule has 0 fully saturated rings. The summed E-state index contributed by atoms with van der Waals surface area (Å²) in [7, 11) is 0. The van der Waals surface area contributed by atoms with Gasteiger partial charge in [0.25, 0.3) is 0 Å². The summed E-state index contributed by atoms with van der Waals surface area (Å²) in [6.45, 7) is 0.925. The number of nitrogens with zero attached hydrogens (tertiary/aromatic N) is 3. The van der Waals surface area contributed by atoms with Gasteiger partial charge in [0.2, 0.25) is 11.7 Å². The molecule has 2 aromatic carbocycles. The molecule has 0 aliphatic rings. The van der Waals surface area contributed by atoms with Crippen molar-refractivity contribution in [2.75, 3.05) is 6.54 Å². The molecule has 6 nitrogen and oxygen atoms in total. The molecule has 0 bridgehead atoms. The second-order valence-electron chi connectivity index (χ2n) is 5.39. The predicted molar refractivity (Wildman–Crippen MR) is 114 cm³/mol. The Labute approximate surface area is 173 Å². The van der Waals surface area contributed by atoms with Crippen LogP contribution in [-0.4, -0.2) is 22.6 Å². The molecule has 26 heavy (non-hydrogen) atoms. The number of nitrogens with two attached hydrogens (primary N) is 1. The van der Waals surface area contributed by atoms with Crippen LogP contribution in [0, 0.1) is 0 Å². The van der Waals surface area contributed by atoms with Gasteiger partial charge in [-0.3, -0.25) is 0 Å². The lowest BCUT2D eigenvalue weighted by Crippen LogP contribution is -2.33. The number of nitrogens with one attached hydrogen (secondary N) is 1. The molecular weight excluding hydrogens is 465 g/mol. The van der Waals surface area contributed by atoms with E-state index in [-0.39, 0.29) is 30.5 Å². The van der Waals surface area contributed by atoms with Crippen molar-refractivity contribution >= 4 is 41.5 Å². The fraction of sp³-hybridized carbons (Fsp3) is 0.167. The Morgan fingerprint density at radius 2 is 1.96 bits per heavy atom. The molecule has 3 aromatic rings. The van der Waals surface area contributed by atoms with Crippen LogP contribution in [0.15, 0.2) is 64.1 Å². The SMILES string of the molecule is I.NC(=NCc1nc(-c2cccc(Cl)c2)no1)NCCc1ccccc1. The van der Waals surface area contributed by atoms with Crippen molar-refractivity contribution in [2.45, 2.75) is 13.0 Å². The number of hydrogen-bond acceptors (Lipinski definition) is 4. The average Bonchev–Trinajstić information content (AvgIpc) is 3.10. The molecule has 0 aliphatic carbocycles. The van der Waals surface area contributed by atoms with Crippen LogP contribution in [0.4, 0.5) is 0 Å². The van der Waals surface area contributed by atoms with Crippen LogP contribution in [0.3, 0.4) is 0 Å². The molecule has 0 aliphatic heterocycles. The van der Waals surface area contributed by atoms with E-state index in [2.05, 4.69) is 32.6 Å². The third-order valence-electron chi connectivity index (χ3n) is 3.50. The van der Waals surface area contributed by atoms with Crippen LogP contribution >= 0.6 is 35.6 Å². The number of benzene rings is 2. The maximum absolute atomic E-state index is 5.96. The van der Waals surface area contributed by atoms with Gasteiger partial charge in [-0.25, -0.2) is 4.99 Å². The quantitative estimate of drug-likeness (QED) is 0.317. The lowest BCUT2D eigenvalue weighted by atomic mass is 10.1. The highest BCUT2D eigenvalue weighted by atomic mass is 127. The van der Waals surface area contributed by atoms with Gasteiger partial charge < -0.3 is 15.6 Å². The van der Waals surface area contributed by atoms with E-state index in [1.807, 2.05) is 30.3 Å². The molecule has 8 heteroatoms. The number of hydrogen-bond donors (Lipinski definition) is 2. The zero-order chi connectivity index (χ0) is 17.5. The van der Waals surface area contributed by atoms with E-state index in [0.29, 0.717) is 29.2 Å².